The molecule has 1 fully saturated rings. The van der Waals surface area contributed by atoms with Crippen molar-refractivity contribution in [3.63, 3.8) is 0 Å². The maximum absolute atomic E-state index is 14.6. The van der Waals surface area contributed by atoms with Crippen LogP contribution in [0.2, 0.25) is 0 Å². The maximum Gasteiger partial charge on any atom is 0.340 e. The van der Waals surface area contributed by atoms with Crippen molar-refractivity contribution in [3.8, 4) is 108 Å². The van der Waals surface area contributed by atoms with Crippen LogP contribution in [0.25, 0.3) is 22.3 Å². The van der Waals surface area contributed by atoms with Crippen molar-refractivity contribution in [1.29, 1.82) is 0 Å². The molecule has 5 atom stereocenters. The molecule has 5 aromatic rings. The molecule has 8 rings (SSSR count). The lowest BCUT2D eigenvalue weighted by atomic mass is 9.91. The Morgan fingerprint density at radius 3 is 1.13 bits per heavy atom. The van der Waals surface area contributed by atoms with Gasteiger partial charge >= 0.3 is 29.8 Å². The first-order valence-electron chi connectivity index (χ1n) is 18.6. The van der Waals surface area contributed by atoms with Crippen LogP contribution in [0.15, 0.2) is 36.4 Å². The lowest BCUT2D eigenvalue weighted by molar-refractivity contribution is -0.282. The molecule has 15 N–H and O–H groups in total. The summed E-state index contributed by atoms with van der Waals surface area (Å²) in [4.78, 5) is 71.1. The fourth-order valence-electron chi connectivity index (χ4n) is 7.44. The zero-order valence-corrected chi connectivity index (χ0v) is 32.8. The molecule has 67 heavy (non-hydrogen) atoms. The van der Waals surface area contributed by atoms with Gasteiger partial charge in [0, 0.05) is 22.3 Å². The van der Waals surface area contributed by atoms with Crippen molar-refractivity contribution in [2.75, 3.05) is 6.61 Å². The summed E-state index contributed by atoms with van der Waals surface area (Å²) in [7, 11) is 0. The van der Waals surface area contributed by atoms with E-state index in [1.54, 1.807) is 0 Å². The van der Waals surface area contributed by atoms with Gasteiger partial charge in [0.1, 0.15) is 12.7 Å². The molecular weight excluding hydrogens is 908 g/mol. The number of carbonyl (C=O) groups is 5. The van der Waals surface area contributed by atoms with Gasteiger partial charge in [-0.2, -0.15) is 0 Å². The second-order valence-electron chi connectivity index (χ2n) is 14.6. The van der Waals surface area contributed by atoms with Gasteiger partial charge in [-0.25, -0.2) is 24.0 Å². The molecule has 4 bridgehead atoms. The molecule has 3 aliphatic rings. The summed E-state index contributed by atoms with van der Waals surface area (Å²) in [5.41, 5.74) is -9.64. The highest BCUT2D eigenvalue weighted by molar-refractivity contribution is 6.10. The Kier molecular flexibility index (Phi) is 10.2. The average Bonchev–Trinajstić information content (AvgIpc) is 3.28. The normalized spacial score (nSPS) is 20.0. The fourth-order valence-corrected chi connectivity index (χ4v) is 7.44. The molecule has 3 heterocycles. The highest BCUT2D eigenvalue weighted by Crippen LogP contribution is 2.55. The summed E-state index contributed by atoms with van der Waals surface area (Å²) in [6, 6.07) is 2.73. The molecule has 3 unspecified atom stereocenters. The van der Waals surface area contributed by atoms with Gasteiger partial charge in [-0.15, -0.1) is 0 Å². The third-order valence-electron chi connectivity index (χ3n) is 10.6. The lowest BCUT2D eigenvalue weighted by Crippen LogP contribution is -2.63. The van der Waals surface area contributed by atoms with Crippen molar-refractivity contribution in [2.24, 2.45) is 0 Å². The van der Waals surface area contributed by atoms with Crippen LogP contribution < -0.4 is 0 Å². The summed E-state index contributed by atoms with van der Waals surface area (Å²) in [6.45, 7) is -1.29. The summed E-state index contributed by atoms with van der Waals surface area (Å²) in [6.07, 6.45) is -12.3. The molecule has 0 aromatic heterocycles. The van der Waals surface area contributed by atoms with E-state index in [-0.39, 0.29) is 0 Å². The number of esters is 5. The predicted octanol–water partition coefficient (Wildman–Crippen LogP) is 1.65. The van der Waals surface area contributed by atoms with Crippen LogP contribution in [0.1, 0.15) is 51.8 Å². The number of phenolic OH excluding ortho intramolecular Hbond substituents is 15. The first-order chi connectivity index (χ1) is 31.5. The van der Waals surface area contributed by atoms with Gasteiger partial charge in [0.05, 0.1) is 27.8 Å². The number of hydrogen-bond acceptors (Lipinski definition) is 26. The van der Waals surface area contributed by atoms with Gasteiger partial charge in [0.2, 0.25) is 35.4 Å². The molecule has 0 spiro atoms. The van der Waals surface area contributed by atoms with Crippen molar-refractivity contribution >= 4 is 29.8 Å². The minimum absolute atomic E-state index is 0.369. The van der Waals surface area contributed by atoms with E-state index < -0.39 is 203 Å². The van der Waals surface area contributed by atoms with E-state index in [0.29, 0.717) is 36.4 Å². The van der Waals surface area contributed by atoms with Crippen molar-refractivity contribution < 1.29 is 129 Å². The van der Waals surface area contributed by atoms with E-state index in [0.717, 1.165) is 0 Å². The number of aromatic hydroxyl groups is 15. The number of cyclic esters (lactones) is 1. The van der Waals surface area contributed by atoms with Crippen LogP contribution in [0.5, 0.6) is 86.2 Å². The van der Waals surface area contributed by atoms with Gasteiger partial charge < -0.3 is 105 Å². The van der Waals surface area contributed by atoms with Crippen molar-refractivity contribution in [3.05, 3.63) is 64.2 Å². The molecule has 348 valence electrons. The van der Waals surface area contributed by atoms with E-state index in [1.165, 1.54) is 0 Å². The fraction of sp³-hybridized carbons (Fsp3) is 0.146. The Morgan fingerprint density at radius 2 is 0.746 bits per heavy atom. The molecule has 26 nitrogen and oxygen atoms in total. The first kappa shape index (κ1) is 44.0. The maximum atomic E-state index is 14.6. The van der Waals surface area contributed by atoms with Crippen LogP contribution in [0, 0.1) is 0 Å². The van der Waals surface area contributed by atoms with Gasteiger partial charge in [-0.05, 0) is 36.4 Å². The van der Waals surface area contributed by atoms with Gasteiger partial charge in [-0.1, -0.05) is 0 Å². The lowest BCUT2D eigenvalue weighted by Gasteiger charge is -2.44. The summed E-state index contributed by atoms with van der Waals surface area (Å²) >= 11 is 0. The zero-order chi connectivity index (χ0) is 48.8. The molecule has 3 aliphatic heterocycles. The minimum atomic E-state index is -2.58. The van der Waals surface area contributed by atoms with Gasteiger partial charge in [0.25, 0.3) is 0 Å². The van der Waals surface area contributed by atoms with Crippen LogP contribution in [0.4, 0.5) is 0 Å². The SMILES string of the molecule is O=C(OC1O[C@@H]2COC(=O)c3cc(O)c(O)c(O)c3-c3c(cc(O)c(O)c3O)C(=O)OC3C2OC(=O)c2cc(O)c(O)c(O)c2-c2c(cc(O)c(O)c2O)C(=O)O[C@@H]13)c1cc(O)c(O)c(O)c1. The number of fused-ring (bicyclic) bond motifs is 6. The highest BCUT2D eigenvalue weighted by Gasteiger charge is 2.56. The Labute approximate surface area is 368 Å². The topological polar surface area (TPSA) is 444 Å². The van der Waals surface area contributed by atoms with Gasteiger partial charge in [-0.3, -0.25) is 0 Å². The third-order valence-corrected chi connectivity index (χ3v) is 10.6. The van der Waals surface area contributed by atoms with E-state index >= 15 is 0 Å². The number of phenols is 15. The van der Waals surface area contributed by atoms with Crippen molar-refractivity contribution in [1.82, 2.24) is 0 Å². The Balaban J connectivity index is 1.41. The quantitative estimate of drug-likeness (QED) is 0.0679. The van der Waals surface area contributed by atoms with E-state index in [1.807, 2.05) is 0 Å². The van der Waals surface area contributed by atoms with Gasteiger partial charge in [0.15, 0.2) is 75.5 Å². The second-order valence-corrected chi connectivity index (χ2v) is 14.6. The predicted molar refractivity (Wildman–Crippen MR) is 207 cm³/mol. The standard InChI is InChI=1S/C41H28O26/c42-13-1-8(2-14(43)24(13)48)36(57)67-41-35-34-33(64-38(59)10-4-16(45)27(51)31(55)22(10)23-12(40(61)66-35)6-18(47)28(52)32(23)56)19(63-41)7-62-37(58)9-3-15(44)25(49)29(53)20(9)21-11(39(60)65-34)5-17(46)26(50)30(21)54/h1-6,19,33-35,41-56H,7H2/t19-,33?,34?,35-,41?/m1/s1. The zero-order valence-electron chi connectivity index (χ0n) is 32.8. The van der Waals surface area contributed by atoms with Crippen LogP contribution in [-0.2, 0) is 28.4 Å². The third kappa shape index (κ3) is 6.91. The molecule has 26 heteroatoms. The largest absolute Gasteiger partial charge is 0.504 e. The molecule has 0 saturated carbocycles. The number of ether oxygens (including phenoxy) is 6. The van der Waals surface area contributed by atoms with Crippen LogP contribution in [0.3, 0.4) is 0 Å². The molecule has 0 aliphatic carbocycles. The van der Waals surface area contributed by atoms with Crippen molar-refractivity contribution in [2.45, 2.75) is 30.7 Å². The molecule has 0 amide bonds. The van der Waals surface area contributed by atoms with E-state index in [9.17, 15) is 101 Å². The summed E-state index contributed by atoms with van der Waals surface area (Å²) < 4.78 is 33.7. The Bertz CT molecular complexity index is 3020. The number of rotatable bonds is 2. The highest BCUT2D eigenvalue weighted by atomic mass is 16.7. The van der Waals surface area contributed by atoms with Crippen LogP contribution in [-0.4, -0.2) is 144 Å². The van der Waals surface area contributed by atoms with E-state index in [4.69, 9.17) is 28.4 Å². The molecular formula is C41H28O26. The Hall–Kier alpha value is -9.59. The molecule has 0 radical (unpaired) electrons. The second kappa shape index (κ2) is 15.6. The summed E-state index contributed by atoms with van der Waals surface area (Å²) in [5, 5.41) is 159. The van der Waals surface area contributed by atoms with E-state index in [2.05, 4.69) is 0 Å². The average molecular weight is 937 g/mol. The molecule has 5 aromatic carbocycles. The monoisotopic (exact) mass is 936 g/mol. The molecule has 1 saturated heterocycles. The summed E-state index contributed by atoms with van der Waals surface area (Å²) in [5.74, 6) is -28.7. The number of hydrogen-bond donors (Lipinski definition) is 15. The number of benzene rings is 5. The van der Waals surface area contributed by atoms with Crippen LogP contribution >= 0.6 is 0 Å². The first-order valence-corrected chi connectivity index (χ1v) is 18.6. The Morgan fingerprint density at radius 1 is 0.418 bits per heavy atom. The minimum Gasteiger partial charge on any atom is -0.504 e. The smallest absolute Gasteiger partial charge is 0.340 e. The number of carbonyl (C=O) groups excluding carboxylic acids is 5.